The van der Waals surface area contributed by atoms with Crippen molar-refractivity contribution in [2.45, 2.75) is 40.2 Å². The van der Waals surface area contributed by atoms with E-state index in [2.05, 4.69) is 31.9 Å². The molecule has 3 rings (SSSR count). The molecule has 2 aliphatic carbocycles. The van der Waals surface area contributed by atoms with E-state index in [0.29, 0.717) is 22.2 Å². The number of ether oxygens (including phenoxy) is 1. The van der Waals surface area contributed by atoms with E-state index in [-0.39, 0.29) is 17.1 Å². The van der Waals surface area contributed by atoms with Crippen molar-refractivity contribution in [3.05, 3.63) is 71.3 Å². The summed E-state index contributed by atoms with van der Waals surface area (Å²) in [5.41, 5.74) is 1.84. The van der Waals surface area contributed by atoms with E-state index in [0.717, 1.165) is 12.1 Å². The van der Waals surface area contributed by atoms with E-state index in [4.69, 9.17) is 22.2 Å². The number of rotatable bonds is 6. The predicted octanol–water partition coefficient (Wildman–Crippen LogP) is 5.52. The number of carbonyl (C=O) groups is 1. The molecule has 2 aliphatic rings. The number of benzene rings is 1. The van der Waals surface area contributed by atoms with Gasteiger partial charge in [-0.05, 0) is 47.6 Å². The van der Waals surface area contributed by atoms with Gasteiger partial charge in [-0.1, -0.05) is 75.8 Å². The molecule has 1 aromatic rings. The third-order valence-corrected chi connectivity index (χ3v) is 5.88. The molecule has 0 aliphatic heterocycles. The van der Waals surface area contributed by atoms with Crippen molar-refractivity contribution in [1.82, 2.24) is 0 Å². The fraction of sp³-hybridized carbons (Fsp3) is 0.360. The second-order valence-electron chi connectivity index (χ2n) is 9.12. The molecule has 1 aromatic carbocycles. The minimum absolute atomic E-state index is 0.0923. The number of hydrazine groups is 1. The Morgan fingerprint density at radius 1 is 1.28 bits per heavy atom. The van der Waals surface area contributed by atoms with Crippen LogP contribution in [0.2, 0.25) is 5.02 Å². The lowest BCUT2D eigenvalue weighted by molar-refractivity contribution is -0.143. The van der Waals surface area contributed by atoms with Gasteiger partial charge < -0.3 is 9.84 Å². The monoisotopic (exact) mass is 455 g/mol. The molecule has 3 atom stereocenters. The molecule has 0 fully saturated rings. The average molecular weight is 456 g/mol. The quantitative estimate of drug-likeness (QED) is 0.435. The highest BCUT2D eigenvalue weighted by molar-refractivity contribution is 6.31. The number of hydrazone groups is 1. The van der Waals surface area contributed by atoms with Gasteiger partial charge in [0, 0.05) is 10.9 Å². The number of aliphatic carboxylic acids is 1. The standard InChI is InChI=1S/C25H30ClN3O3/c1-16-7-5-6-8-20(16)28-29(27)21-15-19(26)13-14-22(21)32-23(24(30)31)17-9-11-18(12-10-17)25(2,3)4/h5-11,13-16,18,23H,12,27H2,1-4H3,(H,30,31)/b28-20-. The van der Waals surface area contributed by atoms with Crippen molar-refractivity contribution in [3.8, 4) is 5.75 Å². The van der Waals surface area contributed by atoms with Crippen LogP contribution in [0.1, 0.15) is 34.1 Å². The summed E-state index contributed by atoms with van der Waals surface area (Å²) in [6.45, 7) is 8.51. The zero-order valence-electron chi connectivity index (χ0n) is 18.8. The first-order valence-corrected chi connectivity index (χ1v) is 11.0. The third kappa shape index (κ3) is 5.69. The number of carboxylic acid groups (broad SMARTS) is 1. The van der Waals surface area contributed by atoms with E-state index in [9.17, 15) is 9.90 Å². The SMILES string of the molecule is CC1C=CC=C/C1=N/N(N)c1cc(Cl)ccc1OC(C(=O)O)C1=CCC(C(C)(C)C)C=C1. The van der Waals surface area contributed by atoms with Gasteiger partial charge in [-0.25, -0.2) is 10.6 Å². The van der Waals surface area contributed by atoms with Crippen molar-refractivity contribution in [3.63, 3.8) is 0 Å². The maximum absolute atomic E-state index is 12.1. The molecular formula is C25H30ClN3O3. The molecule has 32 heavy (non-hydrogen) atoms. The summed E-state index contributed by atoms with van der Waals surface area (Å²) in [5.74, 6) is 5.85. The van der Waals surface area contributed by atoms with E-state index < -0.39 is 12.1 Å². The van der Waals surface area contributed by atoms with Crippen LogP contribution in [0.3, 0.4) is 0 Å². The second kappa shape index (κ2) is 9.76. The molecular weight excluding hydrogens is 426 g/mol. The van der Waals surface area contributed by atoms with E-state index in [1.54, 1.807) is 18.2 Å². The van der Waals surface area contributed by atoms with Crippen LogP contribution in [-0.2, 0) is 4.79 Å². The lowest BCUT2D eigenvalue weighted by atomic mass is 9.76. The fourth-order valence-corrected chi connectivity index (χ4v) is 3.74. The molecule has 170 valence electrons. The van der Waals surface area contributed by atoms with Crippen LogP contribution in [0.5, 0.6) is 5.75 Å². The Hall–Kier alpha value is -2.83. The maximum atomic E-state index is 12.1. The van der Waals surface area contributed by atoms with Gasteiger partial charge in [-0.2, -0.15) is 10.2 Å². The van der Waals surface area contributed by atoms with E-state index in [1.165, 1.54) is 5.12 Å². The first-order valence-electron chi connectivity index (χ1n) is 10.6. The summed E-state index contributed by atoms with van der Waals surface area (Å²) < 4.78 is 5.96. The van der Waals surface area contributed by atoms with Gasteiger partial charge in [-0.15, -0.1) is 0 Å². The molecule has 0 radical (unpaired) electrons. The van der Waals surface area contributed by atoms with Crippen LogP contribution in [0.15, 0.2) is 71.4 Å². The van der Waals surface area contributed by atoms with Crippen LogP contribution < -0.4 is 15.7 Å². The summed E-state index contributed by atoms with van der Waals surface area (Å²) in [6, 6.07) is 4.85. The Labute approximate surface area is 194 Å². The zero-order valence-corrected chi connectivity index (χ0v) is 19.6. The summed E-state index contributed by atoms with van der Waals surface area (Å²) in [4.78, 5) is 12.1. The van der Waals surface area contributed by atoms with Gasteiger partial charge >= 0.3 is 5.97 Å². The highest BCUT2D eigenvalue weighted by Crippen LogP contribution is 2.36. The molecule has 0 amide bonds. The van der Waals surface area contributed by atoms with E-state index >= 15 is 0 Å². The summed E-state index contributed by atoms with van der Waals surface area (Å²) in [7, 11) is 0. The van der Waals surface area contributed by atoms with Crippen molar-refractivity contribution in [2.24, 2.45) is 28.2 Å². The van der Waals surface area contributed by atoms with Gasteiger partial charge in [0.15, 0.2) is 0 Å². The fourth-order valence-electron chi connectivity index (χ4n) is 3.57. The molecule has 7 heteroatoms. The molecule has 3 N–H and O–H groups in total. The smallest absolute Gasteiger partial charge is 0.349 e. The Morgan fingerprint density at radius 3 is 2.62 bits per heavy atom. The van der Waals surface area contributed by atoms with Crippen LogP contribution >= 0.6 is 11.6 Å². The molecule has 0 aromatic heterocycles. The highest BCUT2D eigenvalue weighted by atomic mass is 35.5. The van der Waals surface area contributed by atoms with Crippen molar-refractivity contribution in [1.29, 1.82) is 0 Å². The van der Waals surface area contributed by atoms with Crippen molar-refractivity contribution >= 4 is 29.0 Å². The number of nitrogens with two attached hydrogens (primary N) is 1. The van der Waals surface area contributed by atoms with Crippen molar-refractivity contribution in [2.75, 3.05) is 5.12 Å². The summed E-state index contributed by atoms with van der Waals surface area (Å²) in [6.07, 6.45) is 13.1. The number of carboxylic acids is 1. The van der Waals surface area contributed by atoms with Gasteiger partial charge in [-0.3, -0.25) is 0 Å². The Bertz CT molecular complexity index is 1020. The largest absolute Gasteiger partial charge is 0.478 e. The maximum Gasteiger partial charge on any atom is 0.349 e. The van der Waals surface area contributed by atoms with Crippen LogP contribution in [0, 0.1) is 17.3 Å². The molecule has 3 unspecified atom stereocenters. The number of allylic oxidation sites excluding steroid dienone is 6. The zero-order chi connectivity index (χ0) is 23.5. The van der Waals surface area contributed by atoms with Crippen LogP contribution in [0.4, 0.5) is 5.69 Å². The molecule has 0 saturated carbocycles. The lowest BCUT2D eigenvalue weighted by Crippen LogP contribution is -2.32. The highest BCUT2D eigenvalue weighted by Gasteiger charge is 2.29. The molecule has 0 spiro atoms. The number of anilines is 1. The normalized spacial score (nSPS) is 22.6. The molecule has 0 saturated heterocycles. The third-order valence-electron chi connectivity index (χ3n) is 5.65. The minimum Gasteiger partial charge on any atom is -0.478 e. The molecule has 0 bridgehead atoms. The molecule has 0 heterocycles. The summed E-state index contributed by atoms with van der Waals surface area (Å²) in [5, 5.41) is 16.0. The van der Waals surface area contributed by atoms with Gasteiger partial charge in [0.2, 0.25) is 6.10 Å². The number of hydrogen-bond donors (Lipinski definition) is 2. The topological polar surface area (TPSA) is 88.1 Å². The van der Waals surface area contributed by atoms with Gasteiger partial charge in [0.1, 0.15) is 11.4 Å². The average Bonchev–Trinajstić information content (AvgIpc) is 2.73. The number of hydrogen-bond acceptors (Lipinski definition) is 5. The number of halogens is 1. The number of nitrogens with zero attached hydrogens (tertiary/aromatic N) is 2. The van der Waals surface area contributed by atoms with Crippen LogP contribution in [0.25, 0.3) is 0 Å². The van der Waals surface area contributed by atoms with Gasteiger partial charge in [0.05, 0.1) is 5.71 Å². The predicted molar refractivity (Wildman–Crippen MR) is 130 cm³/mol. The van der Waals surface area contributed by atoms with Gasteiger partial charge in [0.25, 0.3) is 0 Å². The Kier molecular flexibility index (Phi) is 7.26. The second-order valence-corrected chi connectivity index (χ2v) is 9.56. The summed E-state index contributed by atoms with van der Waals surface area (Å²) >= 11 is 6.19. The van der Waals surface area contributed by atoms with E-state index in [1.807, 2.05) is 43.4 Å². The first-order chi connectivity index (χ1) is 15.1. The Morgan fingerprint density at radius 2 is 2.03 bits per heavy atom. The van der Waals surface area contributed by atoms with Crippen molar-refractivity contribution < 1.29 is 14.6 Å². The van der Waals surface area contributed by atoms with Crippen LogP contribution in [-0.4, -0.2) is 22.9 Å². The minimum atomic E-state index is -1.18. The lowest BCUT2D eigenvalue weighted by Gasteiger charge is -2.30. The first kappa shape index (κ1) is 23.8. The Balaban J connectivity index is 1.88. The molecule has 6 nitrogen and oxygen atoms in total.